The van der Waals surface area contributed by atoms with Gasteiger partial charge in [0, 0.05) is 11.3 Å². The van der Waals surface area contributed by atoms with E-state index < -0.39 is 18.6 Å². The minimum Gasteiger partial charge on any atom is -0.462 e. The fraction of sp³-hybridized carbons (Fsp3) is 0.400. The van der Waals surface area contributed by atoms with E-state index >= 15 is 0 Å². The summed E-state index contributed by atoms with van der Waals surface area (Å²) in [6.07, 6.45) is 1.78. The van der Waals surface area contributed by atoms with Crippen LogP contribution >= 0.6 is 11.8 Å². The predicted molar refractivity (Wildman–Crippen MR) is 63.5 cm³/mol. The summed E-state index contributed by atoms with van der Waals surface area (Å²) in [4.78, 5) is 10.0. The molecule has 0 saturated heterocycles. The summed E-state index contributed by atoms with van der Waals surface area (Å²) in [5, 5.41) is 10.7. The van der Waals surface area contributed by atoms with Crippen LogP contribution in [-0.4, -0.2) is 24.9 Å². The Labute approximate surface area is 106 Å². The lowest BCUT2D eigenvalue weighted by Crippen LogP contribution is -2.02. The first-order valence-corrected chi connectivity index (χ1v) is 6.21. The number of non-ortho nitro benzene ring substituents is 1. The fourth-order valence-corrected chi connectivity index (χ4v) is 1.95. The van der Waals surface area contributed by atoms with Gasteiger partial charge in [-0.2, -0.15) is 11.8 Å². The van der Waals surface area contributed by atoms with Crippen molar-refractivity contribution >= 4 is 17.4 Å². The molecule has 5 nitrogen and oxygen atoms in total. The van der Waals surface area contributed by atoms with Crippen LogP contribution in [0.4, 0.5) is 14.5 Å². The van der Waals surface area contributed by atoms with E-state index in [2.05, 4.69) is 9.47 Å². The Morgan fingerprint density at radius 1 is 1.28 bits per heavy atom. The van der Waals surface area contributed by atoms with E-state index in [9.17, 15) is 18.9 Å². The summed E-state index contributed by atoms with van der Waals surface area (Å²) in [6, 6.07) is 2.19. The van der Waals surface area contributed by atoms with Crippen LogP contribution < -0.4 is 9.47 Å². The monoisotopic (exact) mass is 279 g/mol. The molecule has 0 aliphatic rings. The van der Waals surface area contributed by atoms with Crippen LogP contribution in [0.2, 0.25) is 0 Å². The molecule has 100 valence electrons. The second-order valence-corrected chi connectivity index (χ2v) is 3.98. The standard InChI is InChI=1S/C10H11F2NO4S/c1-18-4-8-9(16-5-11)2-7(13(14)15)3-10(8)17-6-12/h2-3H,4-6H2,1H3. The maximum Gasteiger partial charge on any atom is 0.276 e. The van der Waals surface area contributed by atoms with Crippen LogP contribution in [-0.2, 0) is 5.75 Å². The molecular weight excluding hydrogens is 268 g/mol. The van der Waals surface area contributed by atoms with Crippen LogP contribution in [0, 0.1) is 10.1 Å². The molecular formula is C10H11F2NO4S. The van der Waals surface area contributed by atoms with E-state index in [0.29, 0.717) is 11.3 Å². The van der Waals surface area contributed by atoms with E-state index in [1.54, 1.807) is 6.26 Å². The van der Waals surface area contributed by atoms with Gasteiger partial charge in [-0.3, -0.25) is 10.1 Å². The molecule has 0 N–H and O–H groups in total. The van der Waals surface area contributed by atoms with Crippen LogP contribution in [0.5, 0.6) is 11.5 Å². The van der Waals surface area contributed by atoms with Gasteiger partial charge < -0.3 is 9.47 Å². The first-order chi connectivity index (χ1) is 8.63. The number of hydrogen-bond acceptors (Lipinski definition) is 5. The Bertz CT molecular complexity index is 403. The second-order valence-electron chi connectivity index (χ2n) is 3.12. The van der Waals surface area contributed by atoms with Gasteiger partial charge in [-0.1, -0.05) is 0 Å². The highest BCUT2D eigenvalue weighted by Gasteiger charge is 2.18. The molecule has 0 aliphatic heterocycles. The van der Waals surface area contributed by atoms with Crippen molar-refractivity contribution in [3.8, 4) is 11.5 Å². The van der Waals surface area contributed by atoms with Crippen molar-refractivity contribution in [2.24, 2.45) is 0 Å². The largest absolute Gasteiger partial charge is 0.462 e. The molecule has 1 rings (SSSR count). The number of benzene rings is 1. The lowest BCUT2D eigenvalue weighted by Gasteiger charge is -2.12. The molecule has 0 bridgehead atoms. The molecule has 0 fully saturated rings. The molecule has 0 radical (unpaired) electrons. The van der Waals surface area contributed by atoms with Crippen LogP contribution in [0.15, 0.2) is 12.1 Å². The van der Waals surface area contributed by atoms with Crippen molar-refractivity contribution in [2.45, 2.75) is 5.75 Å². The van der Waals surface area contributed by atoms with Crippen LogP contribution in [0.3, 0.4) is 0 Å². The van der Waals surface area contributed by atoms with Crippen molar-refractivity contribution in [3.05, 3.63) is 27.8 Å². The quantitative estimate of drug-likeness (QED) is 0.567. The number of halogens is 2. The first-order valence-electron chi connectivity index (χ1n) is 4.81. The van der Waals surface area contributed by atoms with Gasteiger partial charge in [0.15, 0.2) is 0 Å². The fourth-order valence-electron chi connectivity index (χ4n) is 1.37. The van der Waals surface area contributed by atoms with Crippen LogP contribution in [0.1, 0.15) is 5.56 Å². The summed E-state index contributed by atoms with van der Waals surface area (Å²) in [7, 11) is 0. The van der Waals surface area contributed by atoms with E-state index in [0.717, 1.165) is 12.1 Å². The average Bonchev–Trinajstić information content (AvgIpc) is 2.33. The second kappa shape index (κ2) is 7.00. The van der Waals surface area contributed by atoms with Crippen molar-refractivity contribution in [1.82, 2.24) is 0 Å². The van der Waals surface area contributed by atoms with Gasteiger partial charge in [0.25, 0.3) is 5.69 Å². The third-order valence-corrected chi connectivity index (χ3v) is 2.65. The molecule has 0 aromatic heterocycles. The van der Waals surface area contributed by atoms with E-state index in [1.165, 1.54) is 11.8 Å². The maximum atomic E-state index is 12.2. The molecule has 0 saturated carbocycles. The zero-order valence-corrected chi connectivity index (χ0v) is 10.3. The zero-order chi connectivity index (χ0) is 13.5. The summed E-state index contributed by atoms with van der Waals surface area (Å²) in [5.41, 5.74) is 0.0511. The Balaban J connectivity index is 3.28. The van der Waals surface area contributed by atoms with Gasteiger partial charge in [-0.15, -0.1) is 0 Å². The number of nitrogens with zero attached hydrogens (tertiary/aromatic N) is 1. The van der Waals surface area contributed by atoms with Gasteiger partial charge in [0.1, 0.15) is 11.5 Å². The Kier molecular flexibility index (Phi) is 5.63. The lowest BCUT2D eigenvalue weighted by atomic mass is 10.2. The highest BCUT2D eigenvalue weighted by molar-refractivity contribution is 7.97. The van der Waals surface area contributed by atoms with Crippen molar-refractivity contribution in [1.29, 1.82) is 0 Å². The van der Waals surface area contributed by atoms with Gasteiger partial charge in [-0.05, 0) is 6.26 Å². The summed E-state index contributed by atoms with van der Waals surface area (Å²) in [5.74, 6) is 0.344. The van der Waals surface area contributed by atoms with Crippen molar-refractivity contribution < 1.29 is 23.2 Å². The molecule has 0 atom stereocenters. The molecule has 0 heterocycles. The molecule has 1 aromatic carbocycles. The normalized spacial score (nSPS) is 10.2. The number of thioether (sulfide) groups is 1. The van der Waals surface area contributed by atoms with E-state index in [1.807, 2.05) is 0 Å². The number of nitro groups is 1. The molecule has 0 aliphatic carbocycles. The Morgan fingerprint density at radius 3 is 2.11 bits per heavy atom. The number of alkyl halides is 2. The molecule has 18 heavy (non-hydrogen) atoms. The number of rotatable bonds is 7. The predicted octanol–water partition coefficient (Wildman–Crippen LogP) is 3.07. The Morgan fingerprint density at radius 2 is 1.78 bits per heavy atom. The maximum absolute atomic E-state index is 12.2. The van der Waals surface area contributed by atoms with Crippen LogP contribution in [0.25, 0.3) is 0 Å². The summed E-state index contributed by atoms with van der Waals surface area (Å²) < 4.78 is 33.8. The van der Waals surface area contributed by atoms with E-state index in [-0.39, 0.29) is 17.2 Å². The average molecular weight is 279 g/mol. The molecule has 0 spiro atoms. The smallest absolute Gasteiger partial charge is 0.276 e. The van der Waals surface area contributed by atoms with Gasteiger partial charge in [0.2, 0.25) is 13.7 Å². The minimum absolute atomic E-state index is 0.00972. The topological polar surface area (TPSA) is 61.6 Å². The number of hydrogen-bond donors (Lipinski definition) is 0. The zero-order valence-electron chi connectivity index (χ0n) is 9.52. The molecule has 1 aromatic rings. The third-order valence-electron chi connectivity index (χ3n) is 2.07. The number of nitro benzene ring substituents is 1. The third kappa shape index (κ3) is 3.46. The summed E-state index contributed by atoms with van der Waals surface area (Å²) in [6.45, 7) is -2.25. The van der Waals surface area contributed by atoms with Crippen molar-refractivity contribution in [2.75, 3.05) is 20.0 Å². The lowest BCUT2D eigenvalue weighted by molar-refractivity contribution is -0.385. The van der Waals surface area contributed by atoms with Gasteiger partial charge >= 0.3 is 0 Å². The SMILES string of the molecule is CSCc1c(OCF)cc([N+](=O)[O-])cc1OCF. The first kappa shape index (κ1) is 14.5. The molecule has 0 amide bonds. The van der Waals surface area contributed by atoms with Crippen molar-refractivity contribution in [3.63, 3.8) is 0 Å². The van der Waals surface area contributed by atoms with Gasteiger partial charge in [-0.25, -0.2) is 8.78 Å². The molecule has 8 heteroatoms. The van der Waals surface area contributed by atoms with E-state index in [4.69, 9.17) is 0 Å². The number of ether oxygens (including phenoxy) is 2. The highest BCUT2D eigenvalue weighted by Crippen LogP contribution is 2.36. The highest BCUT2D eigenvalue weighted by atomic mass is 32.2. The van der Waals surface area contributed by atoms with Gasteiger partial charge in [0.05, 0.1) is 17.1 Å². The minimum atomic E-state index is -1.13. The summed E-state index contributed by atoms with van der Waals surface area (Å²) >= 11 is 1.37. The molecule has 0 unspecified atom stereocenters. The Hall–Kier alpha value is -1.57.